The minimum absolute atomic E-state index is 0.217. The third-order valence-corrected chi connectivity index (χ3v) is 2.60. The van der Waals surface area contributed by atoms with Gasteiger partial charge in [-0.1, -0.05) is 0 Å². The molecule has 0 aliphatic carbocycles. The van der Waals surface area contributed by atoms with Crippen molar-refractivity contribution in [1.82, 2.24) is 4.98 Å². The lowest BCUT2D eigenvalue weighted by Crippen LogP contribution is -1.80. The third-order valence-electron chi connectivity index (χ3n) is 1.97. The van der Waals surface area contributed by atoms with Crippen LogP contribution in [0.5, 0.6) is 5.75 Å². The molecule has 0 fully saturated rings. The van der Waals surface area contributed by atoms with Gasteiger partial charge in [-0.15, -0.1) is 0 Å². The van der Waals surface area contributed by atoms with E-state index in [-0.39, 0.29) is 5.75 Å². The molecule has 0 saturated heterocycles. The monoisotopic (exact) mass is 253 g/mol. The Morgan fingerprint density at radius 2 is 2.21 bits per heavy atom. The van der Waals surface area contributed by atoms with E-state index in [2.05, 4.69) is 20.9 Å². The first-order valence-electron chi connectivity index (χ1n) is 4.07. The molecule has 0 radical (unpaired) electrons. The summed E-state index contributed by atoms with van der Waals surface area (Å²) in [5.74, 6) is 0.984. The minimum Gasteiger partial charge on any atom is -0.507 e. The van der Waals surface area contributed by atoms with Gasteiger partial charge in [0.15, 0.2) is 6.39 Å². The molecule has 0 unspecified atom stereocenters. The fourth-order valence-corrected chi connectivity index (χ4v) is 1.62. The van der Waals surface area contributed by atoms with Crippen LogP contribution in [0.1, 0.15) is 5.76 Å². The van der Waals surface area contributed by atoms with Gasteiger partial charge in [0, 0.05) is 5.56 Å². The second-order valence-corrected chi connectivity index (χ2v) is 3.78. The van der Waals surface area contributed by atoms with E-state index in [9.17, 15) is 5.11 Å². The van der Waals surface area contributed by atoms with E-state index >= 15 is 0 Å². The number of nitrogens with zero attached hydrogens (tertiary/aromatic N) is 1. The van der Waals surface area contributed by atoms with Gasteiger partial charge in [-0.25, -0.2) is 4.98 Å². The molecule has 1 N–H and O–H groups in total. The van der Waals surface area contributed by atoms with Crippen molar-refractivity contribution in [3.8, 4) is 17.0 Å². The average molecular weight is 254 g/mol. The van der Waals surface area contributed by atoms with E-state index in [4.69, 9.17) is 4.42 Å². The van der Waals surface area contributed by atoms with Gasteiger partial charge in [-0.2, -0.15) is 0 Å². The van der Waals surface area contributed by atoms with Crippen LogP contribution in [-0.4, -0.2) is 10.1 Å². The predicted molar refractivity (Wildman–Crippen MR) is 56.0 cm³/mol. The molecule has 0 amide bonds. The van der Waals surface area contributed by atoms with Gasteiger partial charge in [0.1, 0.15) is 17.2 Å². The fraction of sp³-hybridized carbons (Fsp3) is 0.100. The number of halogens is 1. The molecule has 4 heteroatoms. The van der Waals surface area contributed by atoms with E-state index in [0.29, 0.717) is 4.47 Å². The molecule has 2 rings (SSSR count). The van der Waals surface area contributed by atoms with Crippen molar-refractivity contribution in [3.05, 3.63) is 34.8 Å². The molecular formula is C10H8BrNO2. The van der Waals surface area contributed by atoms with Gasteiger partial charge in [0.2, 0.25) is 0 Å². The van der Waals surface area contributed by atoms with Crippen molar-refractivity contribution in [2.24, 2.45) is 0 Å². The Kier molecular flexibility index (Phi) is 2.29. The maximum atomic E-state index is 9.32. The Bertz CT molecular complexity index is 465. The highest BCUT2D eigenvalue weighted by molar-refractivity contribution is 9.10. The van der Waals surface area contributed by atoms with E-state index in [1.165, 1.54) is 6.39 Å². The molecule has 0 saturated carbocycles. The molecule has 1 aromatic carbocycles. The maximum Gasteiger partial charge on any atom is 0.181 e. The zero-order chi connectivity index (χ0) is 10.1. The molecule has 0 spiro atoms. The van der Waals surface area contributed by atoms with Crippen molar-refractivity contribution >= 4 is 15.9 Å². The number of hydrogen-bond donors (Lipinski definition) is 1. The minimum atomic E-state index is 0.217. The second kappa shape index (κ2) is 3.46. The molecule has 2 aromatic rings. The van der Waals surface area contributed by atoms with Crippen LogP contribution in [0.4, 0.5) is 0 Å². The molecule has 0 aliphatic rings. The number of phenols is 1. The van der Waals surface area contributed by atoms with E-state index in [0.717, 1.165) is 17.0 Å². The Balaban J connectivity index is 2.53. The molecule has 3 nitrogen and oxygen atoms in total. The normalized spacial score (nSPS) is 10.4. The first-order chi connectivity index (χ1) is 6.68. The maximum absolute atomic E-state index is 9.32. The summed E-state index contributed by atoms with van der Waals surface area (Å²) in [7, 11) is 0. The van der Waals surface area contributed by atoms with Gasteiger partial charge >= 0.3 is 0 Å². The largest absolute Gasteiger partial charge is 0.507 e. The predicted octanol–water partition coefficient (Wildman–Crippen LogP) is 3.12. The molecular weight excluding hydrogens is 246 g/mol. The molecule has 1 aromatic heterocycles. The second-order valence-electron chi connectivity index (χ2n) is 2.92. The van der Waals surface area contributed by atoms with Gasteiger partial charge in [0.05, 0.1) is 4.47 Å². The van der Waals surface area contributed by atoms with Gasteiger partial charge in [-0.05, 0) is 41.1 Å². The molecule has 72 valence electrons. The summed E-state index contributed by atoms with van der Waals surface area (Å²) in [6.07, 6.45) is 1.41. The SMILES string of the molecule is Cc1ocnc1-c1ccc(O)c(Br)c1. The number of aromatic nitrogens is 1. The first-order valence-corrected chi connectivity index (χ1v) is 4.87. The topological polar surface area (TPSA) is 46.3 Å². The quantitative estimate of drug-likeness (QED) is 0.850. The highest BCUT2D eigenvalue weighted by atomic mass is 79.9. The van der Waals surface area contributed by atoms with E-state index in [1.807, 2.05) is 6.92 Å². The van der Waals surface area contributed by atoms with E-state index in [1.54, 1.807) is 18.2 Å². The number of phenolic OH excluding ortho intramolecular Hbond substituents is 1. The van der Waals surface area contributed by atoms with Gasteiger partial charge < -0.3 is 9.52 Å². The van der Waals surface area contributed by atoms with Crippen LogP contribution >= 0.6 is 15.9 Å². The molecule has 0 bridgehead atoms. The van der Waals surface area contributed by atoms with Crippen molar-refractivity contribution < 1.29 is 9.52 Å². The number of aryl methyl sites for hydroxylation is 1. The summed E-state index contributed by atoms with van der Waals surface area (Å²) in [6.45, 7) is 1.85. The summed E-state index contributed by atoms with van der Waals surface area (Å²) in [5.41, 5.74) is 1.71. The number of hydrogen-bond acceptors (Lipinski definition) is 3. The zero-order valence-corrected chi connectivity index (χ0v) is 9.08. The summed E-state index contributed by atoms with van der Waals surface area (Å²) in [6, 6.07) is 5.22. The van der Waals surface area contributed by atoms with Gasteiger partial charge in [0.25, 0.3) is 0 Å². The molecule has 0 aliphatic heterocycles. The third kappa shape index (κ3) is 1.53. The van der Waals surface area contributed by atoms with E-state index < -0.39 is 0 Å². The smallest absolute Gasteiger partial charge is 0.181 e. The van der Waals surface area contributed by atoms with Crippen molar-refractivity contribution in [2.45, 2.75) is 6.92 Å². The first kappa shape index (κ1) is 9.27. The van der Waals surface area contributed by atoms with Crippen LogP contribution < -0.4 is 0 Å². The van der Waals surface area contributed by atoms with Crippen LogP contribution in [0.25, 0.3) is 11.3 Å². The van der Waals surface area contributed by atoms with Crippen LogP contribution in [-0.2, 0) is 0 Å². The van der Waals surface area contributed by atoms with Crippen LogP contribution in [0.15, 0.2) is 33.5 Å². The molecule has 1 heterocycles. The molecule has 14 heavy (non-hydrogen) atoms. The number of aromatic hydroxyl groups is 1. The Morgan fingerprint density at radius 3 is 2.79 bits per heavy atom. The molecule has 0 atom stereocenters. The summed E-state index contributed by atoms with van der Waals surface area (Å²) < 4.78 is 5.75. The lowest BCUT2D eigenvalue weighted by Gasteiger charge is -2.00. The average Bonchev–Trinajstić information content (AvgIpc) is 2.57. The van der Waals surface area contributed by atoms with Crippen molar-refractivity contribution in [1.29, 1.82) is 0 Å². The fourth-order valence-electron chi connectivity index (χ4n) is 1.24. The van der Waals surface area contributed by atoms with Crippen molar-refractivity contribution in [3.63, 3.8) is 0 Å². The lowest BCUT2D eigenvalue weighted by molar-refractivity contribution is 0.472. The Labute approximate surface area is 89.5 Å². The zero-order valence-electron chi connectivity index (χ0n) is 7.49. The standard InChI is InChI=1S/C10H8BrNO2/c1-6-10(12-5-14-6)7-2-3-9(13)8(11)4-7/h2-5,13H,1H3. The van der Waals surface area contributed by atoms with Crippen LogP contribution in [0.2, 0.25) is 0 Å². The summed E-state index contributed by atoms with van der Waals surface area (Å²) >= 11 is 3.25. The summed E-state index contributed by atoms with van der Waals surface area (Å²) in [5, 5.41) is 9.32. The number of oxazole rings is 1. The van der Waals surface area contributed by atoms with Crippen molar-refractivity contribution in [2.75, 3.05) is 0 Å². The number of rotatable bonds is 1. The van der Waals surface area contributed by atoms with Crippen LogP contribution in [0, 0.1) is 6.92 Å². The summed E-state index contributed by atoms with van der Waals surface area (Å²) in [4.78, 5) is 4.09. The lowest BCUT2D eigenvalue weighted by atomic mass is 10.1. The highest BCUT2D eigenvalue weighted by Gasteiger charge is 2.07. The highest BCUT2D eigenvalue weighted by Crippen LogP contribution is 2.30. The number of benzene rings is 1. The van der Waals surface area contributed by atoms with Gasteiger partial charge in [-0.3, -0.25) is 0 Å². The Morgan fingerprint density at radius 1 is 1.43 bits per heavy atom. The Hall–Kier alpha value is -1.29. The van der Waals surface area contributed by atoms with Crippen LogP contribution in [0.3, 0.4) is 0 Å².